The monoisotopic (exact) mass is 402 g/mol. The molecule has 1 atom stereocenters. The number of benzene rings is 1. The van der Waals surface area contributed by atoms with Crippen molar-refractivity contribution in [1.82, 2.24) is 15.5 Å². The molecule has 0 bridgehead atoms. The quantitative estimate of drug-likeness (QED) is 0.491. The molecule has 0 saturated carbocycles. The maximum absolute atomic E-state index is 6.06. The van der Waals surface area contributed by atoms with Gasteiger partial charge in [0.25, 0.3) is 0 Å². The van der Waals surface area contributed by atoms with E-state index in [1.807, 2.05) is 0 Å². The maximum atomic E-state index is 6.06. The van der Waals surface area contributed by atoms with Crippen LogP contribution in [0.25, 0.3) is 0 Å². The Kier molecular flexibility index (Phi) is 9.25. The number of rotatable bonds is 9. The van der Waals surface area contributed by atoms with Gasteiger partial charge in [-0.05, 0) is 56.8 Å². The number of hydrogen-bond donors (Lipinski definition) is 2. The Bertz CT molecular complexity index is 631. The summed E-state index contributed by atoms with van der Waals surface area (Å²) in [5.74, 6) is 0.902. The van der Waals surface area contributed by atoms with Crippen LogP contribution in [0.15, 0.2) is 29.3 Å². The first-order valence-corrected chi connectivity index (χ1v) is 11.3. The highest BCUT2D eigenvalue weighted by Gasteiger charge is 2.22. The van der Waals surface area contributed by atoms with Gasteiger partial charge in [0.1, 0.15) is 0 Å². The number of hydrogen-bond acceptors (Lipinski definition) is 4. The van der Waals surface area contributed by atoms with Crippen LogP contribution in [0.2, 0.25) is 0 Å². The van der Waals surface area contributed by atoms with Crippen LogP contribution in [0, 0.1) is 0 Å². The average Bonchev–Trinajstić information content (AvgIpc) is 3.23. The van der Waals surface area contributed by atoms with Gasteiger partial charge in [0.2, 0.25) is 0 Å². The highest BCUT2D eigenvalue weighted by molar-refractivity contribution is 5.79. The number of nitrogens with one attached hydrogen (secondary N) is 2. The molecule has 2 heterocycles. The van der Waals surface area contributed by atoms with Gasteiger partial charge in [0.15, 0.2) is 5.96 Å². The predicted molar refractivity (Wildman–Crippen MR) is 118 cm³/mol. The molecule has 2 N–H and O–H groups in total. The van der Waals surface area contributed by atoms with Crippen molar-refractivity contribution in [2.24, 2.45) is 4.99 Å². The zero-order valence-electron chi connectivity index (χ0n) is 18.2. The second-order valence-corrected chi connectivity index (χ2v) is 7.94. The summed E-state index contributed by atoms with van der Waals surface area (Å²) in [5, 5.41) is 6.92. The lowest BCUT2D eigenvalue weighted by Crippen LogP contribution is -2.44. The standard InChI is InChI=1S/C23H38N4O2/c1-3-24-23(26-17-21-9-6-12-27(21)4-2)25-16-19-7-5-8-20(15-19)18-29-22-10-13-28-14-11-22/h5,7-8,15,21-22H,3-4,6,9-14,16-18H2,1-2H3,(H2,24,25,26). The molecule has 1 aromatic carbocycles. The van der Waals surface area contributed by atoms with Crippen LogP contribution in [0.3, 0.4) is 0 Å². The predicted octanol–water partition coefficient (Wildman–Crippen LogP) is 2.92. The molecular weight excluding hydrogens is 364 g/mol. The zero-order chi connectivity index (χ0) is 20.3. The Labute approximate surface area is 176 Å². The van der Waals surface area contributed by atoms with Gasteiger partial charge in [-0.1, -0.05) is 31.2 Å². The second kappa shape index (κ2) is 12.2. The number of likely N-dealkylation sites (N-methyl/N-ethyl adjacent to an activating group) is 1. The molecule has 2 aliphatic rings. The molecule has 162 valence electrons. The van der Waals surface area contributed by atoms with Gasteiger partial charge in [-0.15, -0.1) is 0 Å². The van der Waals surface area contributed by atoms with E-state index in [-0.39, 0.29) is 0 Å². The van der Waals surface area contributed by atoms with Crippen LogP contribution in [-0.2, 0) is 22.6 Å². The Morgan fingerprint density at radius 2 is 2.00 bits per heavy atom. The van der Waals surface area contributed by atoms with E-state index in [9.17, 15) is 0 Å². The van der Waals surface area contributed by atoms with Gasteiger partial charge < -0.3 is 20.1 Å². The summed E-state index contributed by atoms with van der Waals surface area (Å²) in [6.45, 7) is 11.5. The van der Waals surface area contributed by atoms with Gasteiger partial charge in [0, 0.05) is 32.3 Å². The fraction of sp³-hybridized carbons (Fsp3) is 0.696. The fourth-order valence-corrected chi connectivity index (χ4v) is 4.14. The summed E-state index contributed by atoms with van der Waals surface area (Å²) < 4.78 is 11.5. The van der Waals surface area contributed by atoms with Gasteiger partial charge in [-0.25, -0.2) is 4.99 Å². The van der Waals surface area contributed by atoms with Crippen molar-refractivity contribution in [1.29, 1.82) is 0 Å². The van der Waals surface area contributed by atoms with Gasteiger partial charge in [-0.2, -0.15) is 0 Å². The number of ether oxygens (including phenoxy) is 2. The molecule has 0 aliphatic carbocycles. The molecule has 2 saturated heterocycles. The summed E-state index contributed by atoms with van der Waals surface area (Å²) in [5.41, 5.74) is 2.43. The Morgan fingerprint density at radius 1 is 1.17 bits per heavy atom. The molecule has 0 radical (unpaired) electrons. The molecule has 6 nitrogen and oxygen atoms in total. The first kappa shape index (κ1) is 22.1. The van der Waals surface area contributed by atoms with E-state index in [0.29, 0.717) is 25.3 Å². The normalized spacial score (nSPS) is 21.4. The molecule has 2 fully saturated rings. The van der Waals surface area contributed by atoms with E-state index in [2.05, 4.69) is 53.6 Å². The lowest BCUT2D eigenvalue weighted by atomic mass is 10.1. The van der Waals surface area contributed by atoms with Gasteiger partial charge in [-0.3, -0.25) is 4.90 Å². The molecule has 1 aromatic rings. The van der Waals surface area contributed by atoms with E-state index >= 15 is 0 Å². The lowest BCUT2D eigenvalue weighted by Gasteiger charge is -2.24. The van der Waals surface area contributed by atoms with E-state index in [1.54, 1.807) is 0 Å². The number of likely N-dealkylation sites (tertiary alicyclic amines) is 1. The van der Waals surface area contributed by atoms with Crippen molar-refractivity contribution in [2.75, 3.05) is 39.4 Å². The highest BCUT2D eigenvalue weighted by Crippen LogP contribution is 2.16. The fourth-order valence-electron chi connectivity index (χ4n) is 4.14. The topological polar surface area (TPSA) is 58.1 Å². The van der Waals surface area contributed by atoms with Crippen LogP contribution in [-0.4, -0.2) is 62.4 Å². The molecule has 6 heteroatoms. The third kappa shape index (κ3) is 7.28. The minimum absolute atomic E-state index is 0.327. The second-order valence-electron chi connectivity index (χ2n) is 7.94. The third-order valence-electron chi connectivity index (χ3n) is 5.82. The van der Waals surface area contributed by atoms with E-state index < -0.39 is 0 Å². The van der Waals surface area contributed by atoms with Gasteiger partial charge in [0.05, 0.1) is 19.3 Å². The molecule has 3 rings (SSSR count). The molecular formula is C23H38N4O2. The first-order valence-electron chi connectivity index (χ1n) is 11.3. The minimum atomic E-state index is 0.327. The van der Waals surface area contributed by atoms with Crippen LogP contribution in [0.5, 0.6) is 0 Å². The number of guanidine groups is 1. The average molecular weight is 403 g/mol. The molecule has 29 heavy (non-hydrogen) atoms. The third-order valence-corrected chi connectivity index (χ3v) is 5.82. The van der Waals surface area contributed by atoms with E-state index in [1.165, 1.54) is 30.5 Å². The first-order chi connectivity index (χ1) is 14.3. The zero-order valence-corrected chi connectivity index (χ0v) is 18.2. The summed E-state index contributed by atoms with van der Waals surface area (Å²) in [4.78, 5) is 7.36. The molecule has 0 aromatic heterocycles. The van der Waals surface area contributed by atoms with Crippen LogP contribution >= 0.6 is 0 Å². The Hall–Kier alpha value is -1.63. The van der Waals surface area contributed by atoms with Crippen molar-refractivity contribution in [3.63, 3.8) is 0 Å². The molecule has 0 amide bonds. The van der Waals surface area contributed by atoms with Crippen molar-refractivity contribution in [3.8, 4) is 0 Å². The molecule has 0 spiro atoms. The summed E-state index contributed by atoms with van der Waals surface area (Å²) in [6.07, 6.45) is 4.90. The van der Waals surface area contributed by atoms with Crippen molar-refractivity contribution >= 4 is 5.96 Å². The largest absolute Gasteiger partial charge is 0.381 e. The smallest absolute Gasteiger partial charge is 0.191 e. The summed E-state index contributed by atoms with van der Waals surface area (Å²) in [7, 11) is 0. The van der Waals surface area contributed by atoms with E-state index in [0.717, 1.165) is 51.6 Å². The van der Waals surface area contributed by atoms with Crippen molar-refractivity contribution < 1.29 is 9.47 Å². The molecule has 2 aliphatic heterocycles. The molecule has 1 unspecified atom stereocenters. The SMILES string of the molecule is CCNC(=NCc1cccc(COC2CCOCC2)c1)NCC1CCCN1CC. The van der Waals surface area contributed by atoms with Gasteiger partial charge >= 0.3 is 0 Å². The number of aliphatic imine (C=N–C) groups is 1. The van der Waals surface area contributed by atoms with Crippen molar-refractivity contribution in [2.45, 2.75) is 64.8 Å². The lowest BCUT2D eigenvalue weighted by molar-refractivity contribution is -0.0390. The maximum Gasteiger partial charge on any atom is 0.191 e. The number of nitrogens with zero attached hydrogens (tertiary/aromatic N) is 2. The minimum Gasteiger partial charge on any atom is -0.381 e. The Balaban J connectivity index is 1.50. The van der Waals surface area contributed by atoms with Crippen LogP contribution in [0.1, 0.15) is 50.7 Å². The summed E-state index contributed by atoms with van der Waals surface area (Å²) in [6, 6.07) is 9.21. The Morgan fingerprint density at radius 3 is 2.79 bits per heavy atom. The van der Waals surface area contributed by atoms with Crippen molar-refractivity contribution in [3.05, 3.63) is 35.4 Å². The van der Waals surface area contributed by atoms with E-state index in [4.69, 9.17) is 14.5 Å². The highest BCUT2D eigenvalue weighted by atomic mass is 16.5. The van der Waals surface area contributed by atoms with Crippen LogP contribution < -0.4 is 10.6 Å². The summed E-state index contributed by atoms with van der Waals surface area (Å²) >= 11 is 0. The van der Waals surface area contributed by atoms with Crippen LogP contribution in [0.4, 0.5) is 0 Å².